The fourth-order valence-corrected chi connectivity index (χ4v) is 2.88. The van der Waals surface area contributed by atoms with Gasteiger partial charge in [-0.3, -0.25) is 14.8 Å². The van der Waals surface area contributed by atoms with Crippen LogP contribution in [0.15, 0.2) is 41.2 Å². The molecule has 0 unspecified atom stereocenters. The van der Waals surface area contributed by atoms with Crippen molar-refractivity contribution in [1.29, 1.82) is 5.41 Å². The zero-order valence-electron chi connectivity index (χ0n) is 14.9. The molecular weight excluding hydrogens is 332 g/mol. The second-order valence-electron chi connectivity index (χ2n) is 6.05. The standard InChI is InChI=1S/C19H20N4O3/c1-12-21-17-15(18(24)22(12)2)11-14(19(25)26-3)16(20)23(17)10-9-13-7-5-4-6-8-13/h4-8,11,20H,9-10H2,1-3H3. The van der Waals surface area contributed by atoms with E-state index in [1.165, 1.54) is 17.7 Å². The zero-order chi connectivity index (χ0) is 18.8. The Labute approximate surface area is 150 Å². The highest BCUT2D eigenvalue weighted by Crippen LogP contribution is 2.11. The molecule has 0 amide bonds. The number of rotatable bonds is 4. The number of hydrogen-bond acceptors (Lipinski definition) is 5. The first-order valence-corrected chi connectivity index (χ1v) is 8.22. The first-order valence-electron chi connectivity index (χ1n) is 8.22. The van der Waals surface area contributed by atoms with Gasteiger partial charge in [0.05, 0.1) is 12.5 Å². The highest BCUT2D eigenvalue weighted by atomic mass is 16.5. The third-order valence-electron chi connectivity index (χ3n) is 4.47. The van der Waals surface area contributed by atoms with Crippen molar-refractivity contribution in [3.05, 3.63) is 69.2 Å². The smallest absolute Gasteiger partial charge is 0.341 e. The Morgan fingerprint density at radius 3 is 2.62 bits per heavy atom. The number of ether oxygens (including phenoxy) is 1. The van der Waals surface area contributed by atoms with Gasteiger partial charge >= 0.3 is 5.97 Å². The molecule has 0 fully saturated rings. The van der Waals surface area contributed by atoms with Crippen LogP contribution in [0.5, 0.6) is 0 Å². The lowest BCUT2D eigenvalue weighted by Crippen LogP contribution is -2.32. The number of carbonyl (C=O) groups is 1. The summed E-state index contributed by atoms with van der Waals surface area (Å²) >= 11 is 0. The summed E-state index contributed by atoms with van der Waals surface area (Å²) in [5.74, 6) is -0.103. The van der Waals surface area contributed by atoms with Gasteiger partial charge in [0.2, 0.25) is 0 Å². The lowest BCUT2D eigenvalue weighted by Gasteiger charge is -2.15. The number of esters is 1. The second-order valence-corrected chi connectivity index (χ2v) is 6.05. The van der Waals surface area contributed by atoms with Gasteiger partial charge in [-0.1, -0.05) is 30.3 Å². The van der Waals surface area contributed by atoms with Crippen molar-refractivity contribution < 1.29 is 9.53 Å². The molecule has 3 aromatic rings. The molecule has 3 rings (SSSR count). The van der Waals surface area contributed by atoms with E-state index in [4.69, 9.17) is 10.1 Å². The Kier molecular flexibility index (Phi) is 4.71. The Balaban J connectivity index is 2.24. The van der Waals surface area contributed by atoms with Crippen LogP contribution in [0.4, 0.5) is 0 Å². The summed E-state index contributed by atoms with van der Waals surface area (Å²) < 4.78 is 7.80. The van der Waals surface area contributed by atoms with Gasteiger partial charge in [0, 0.05) is 13.6 Å². The summed E-state index contributed by atoms with van der Waals surface area (Å²) in [4.78, 5) is 29.2. The van der Waals surface area contributed by atoms with Crippen LogP contribution in [-0.2, 0) is 24.8 Å². The number of nitrogens with zero attached hydrogens (tertiary/aromatic N) is 3. The summed E-state index contributed by atoms with van der Waals surface area (Å²) in [5.41, 5.74) is 1.28. The van der Waals surface area contributed by atoms with Crippen molar-refractivity contribution in [3.63, 3.8) is 0 Å². The maximum Gasteiger partial charge on any atom is 0.341 e. The van der Waals surface area contributed by atoms with E-state index < -0.39 is 5.97 Å². The van der Waals surface area contributed by atoms with Gasteiger partial charge in [0.1, 0.15) is 22.5 Å². The summed E-state index contributed by atoms with van der Waals surface area (Å²) in [5, 5.41) is 8.73. The highest BCUT2D eigenvalue weighted by Gasteiger charge is 2.17. The molecule has 26 heavy (non-hydrogen) atoms. The minimum absolute atomic E-state index is 0.0135. The minimum atomic E-state index is -0.645. The SMILES string of the molecule is COC(=O)c1cc2c(=O)n(C)c(C)nc2n(CCc2ccccc2)c1=N. The number of nitrogens with one attached hydrogen (secondary N) is 1. The monoisotopic (exact) mass is 352 g/mol. The first kappa shape index (κ1) is 17.6. The molecule has 134 valence electrons. The molecule has 1 aromatic carbocycles. The van der Waals surface area contributed by atoms with Crippen molar-refractivity contribution in [3.8, 4) is 0 Å². The van der Waals surface area contributed by atoms with E-state index in [-0.39, 0.29) is 16.6 Å². The normalized spacial score (nSPS) is 10.9. The molecule has 7 nitrogen and oxygen atoms in total. The number of carbonyl (C=O) groups excluding carboxylic acids is 1. The fraction of sp³-hybridized carbons (Fsp3) is 0.263. The van der Waals surface area contributed by atoms with Gasteiger partial charge in [-0.25, -0.2) is 9.78 Å². The topological polar surface area (TPSA) is 90.0 Å². The van der Waals surface area contributed by atoms with Crippen LogP contribution in [0.2, 0.25) is 0 Å². The average Bonchev–Trinajstić information content (AvgIpc) is 2.65. The van der Waals surface area contributed by atoms with E-state index in [0.29, 0.717) is 29.8 Å². The van der Waals surface area contributed by atoms with Gasteiger partial charge in [-0.2, -0.15) is 0 Å². The number of aryl methyl sites for hydroxylation is 3. The van der Waals surface area contributed by atoms with Crippen LogP contribution in [-0.4, -0.2) is 27.2 Å². The molecule has 0 atom stereocenters. The van der Waals surface area contributed by atoms with Crippen molar-refractivity contribution in [2.45, 2.75) is 19.9 Å². The quantitative estimate of drug-likeness (QED) is 0.722. The maximum absolute atomic E-state index is 12.6. The molecule has 2 heterocycles. The van der Waals surface area contributed by atoms with Gasteiger partial charge < -0.3 is 9.30 Å². The molecule has 0 saturated heterocycles. The Morgan fingerprint density at radius 2 is 1.96 bits per heavy atom. The lowest BCUT2D eigenvalue weighted by molar-refractivity contribution is 0.0597. The molecule has 0 spiro atoms. The van der Waals surface area contributed by atoms with Gasteiger partial charge in [-0.15, -0.1) is 0 Å². The van der Waals surface area contributed by atoms with Crippen molar-refractivity contribution in [1.82, 2.24) is 14.1 Å². The molecule has 0 aliphatic carbocycles. The third kappa shape index (κ3) is 3.03. The summed E-state index contributed by atoms with van der Waals surface area (Å²) in [6, 6.07) is 11.2. The van der Waals surface area contributed by atoms with Crippen LogP contribution >= 0.6 is 0 Å². The maximum atomic E-state index is 12.6. The lowest BCUT2D eigenvalue weighted by atomic mass is 10.1. The van der Waals surface area contributed by atoms with Crippen molar-refractivity contribution in [2.24, 2.45) is 7.05 Å². The second kappa shape index (κ2) is 6.95. The summed E-state index contributed by atoms with van der Waals surface area (Å²) in [6.07, 6.45) is 0.646. The van der Waals surface area contributed by atoms with E-state index in [2.05, 4.69) is 4.98 Å². The zero-order valence-corrected chi connectivity index (χ0v) is 14.9. The fourth-order valence-electron chi connectivity index (χ4n) is 2.88. The van der Waals surface area contributed by atoms with E-state index in [0.717, 1.165) is 5.56 Å². The van der Waals surface area contributed by atoms with Crippen LogP contribution in [0.25, 0.3) is 11.0 Å². The van der Waals surface area contributed by atoms with Crippen molar-refractivity contribution >= 4 is 17.0 Å². The first-order chi connectivity index (χ1) is 12.4. The third-order valence-corrected chi connectivity index (χ3v) is 4.47. The van der Waals surface area contributed by atoms with Gasteiger partial charge in [0.25, 0.3) is 5.56 Å². The predicted octanol–water partition coefficient (Wildman–Crippen LogP) is 1.55. The van der Waals surface area contributed by atoms with E-state index in [1.54, 1.807) is 18.5 Å². The Bertz CT molecular complexity index is 1100. The highest BCUT2D eigenvalue weighted by molar-refractivity contribution is 5.92. The van der Waals surface area contributed by atoms with Gasteiger partial charge in [-0.05, 0) is 25.0 Å². The molecule has 7 heteroatoms. The predicted molar refractivity (Wildman–Crippen MR) is 97.1 cm³/mol. The molecular formula is C19H20N4O3. The van der Waals surface area contributed by atoms with Crippen LogP contribution < -0.4 is 11.0 Å². The number of pyridine rings is 1. The number of fused-ring (bicyclic) bond motifs is 1. The number of aromatic nitrogens is 3. The molecule has 0 radical (unpaired) electrons. The van der Waals surface area contributed by atoms with E-state index >= 15 is 0 Å². The molecule has 1 N–H and O–H groups in total. The van der Waals surface area contributed by atoms with Crippen LogP contribution in [0, 0.1) is 12.3 Å². The van der Waals surface area contributed by atoms with Gasteiger partial charge in [0.15, 0.2) is 0 Å². The number of benzene rings is 1. The Hall–Kier alpha value is -3.22. The molecule has 2 aromatic heterocycles. The molecule has 0 saturated carbocycles. The summed E-state index contributed by atoms with van der Waals surface area (Å²) in [6.45, 7) is 2.16. The Morgan fingerprint density at radius 1 is 1.27 bits per heavy atom. The number of hydrogen-bond donors (Lipinski definition) is 1. The number of methoxy groups -OCH3 is 1. The molecule has 0 bridgehead atoms. The van der Waals surface area contributed by atoms with Crippen LogP contribution in [0.3, 0.4) is 0 Å². The summed E-state index contributed by atoms with van der Waals surface area (Å²) in [7, 11) is 2.89. The van der Waals surface area contributed by atoms with Crippen molar-refractivity contribution in [2.75, 3.05) is 7.11 Å². The van der Waals surface area contributed by atoms with E-state index in [9.17, 15) is 9.59 Å². The van der Waals surface area contributed by atoms with Crippen LogP contribution in [0.1, 0.15) is 21.7 Å². The van der Waals surface area contributed by atoms with E-state index in [1.807, 2.05) is 30.3 Å². The molecule has 0 aliphatic heterocycles. The molecule has 0 aliphatic rings. The minimum Gasteiger partial charge on any atom is -0.465 e. The average molecular weight is 352 g/mol. The largest absolute Gasteiger partial charge is 0.465 e.